The molecule has 1 aromatic rings. The van der Waals surface area contributed by atoms with E-state index in [2.05, 4.69) is 20.8 Å². The second kappa shape index (κ2) is 7.11. The molecule has 2 fully saturated rings. The quantitative estimate of drug-likeness (QED) is 0.610. The number of hydrogen-bond acceptors (Lipinski definition) is 1. The minimum absolute atomic E-state index is 0.337. The summed E-state index contributed by atoms with van der Waals surface area (Å²) >= 11 is 16.2. The number of carbonyl (C=O) groups excluding carboxylic acids is 1. The number of amides is 1. The Bertz CT molecular complexity index is 578. The minimum atomic E-state index is 0.337. The van der Waals surface area contributed by atoms with E-state index in [4.69, 9.17) is 23.2 Å². The molecule has 1 aliphatic carbocycles. The first-order valence-electron chi connectivity index (χ1n) is 7.98. The van der Waals surface area contributed by atoms with Crippen molar-refractivity contribution in [1.82, 2.24) is 4.90 Å². The van der Waals surface area contributed by atoms with Gasteiger partial charge in [0, 0.05) is 28.5 Å². The standard InChI is InChI=1S/C17H20BrCl2NO/c18-14-6-7-15(19)13(17(14)20)10-11-3-1-4-12(9-11)21-8-2-5-16(21)22/h6-7,11-12H,1-5,8-10H2. The van der Waals surface area contributed by atoms with Gasteiger partial charge in [-0.1, -0.05) is 29.6 Å². The molecule has 1 aromatic carbocycles. The highest BCUT2D eigenvalue weighted by Gasteiger charge is 2.32. The Morgan fingerprint density at radius 1 is 1.23 bits per heavy atom. The lowest BCUT2D eigenvalue weighted by molar-refractivity contribution is -0.130. The Balaban J connectivity index is 1.71. The van der Waals surface area contributed by atoms with Crippen LogP contribution in [0.4, 0.5) is 0 Å². The highest BCUT2D eigenvalue weighted by atomic mass is 79.9. The van der Waals surface area contributed by atoms with Crippen molar-refractivity contribution in [3.05, 3.63) is 32.2 Å². The van der Waals surface area contributed by atoms with Crippen molar-refractivity contribution in [3.63, 3.8) is 0 Å². The topological polar surface area (TPSA) is 20.3 Å². The van der Waals surface area contributed by atoms with Gasteiger partial charge in [0.15, 0.2) is 0 Å². The van der Waals surface area contributed by atoms with Crippen LogP contribution < -0.4 is 0 Å². The number of nitrogens with zero attached hydrogens (tertiary/aromatic N) is 1. The van der Waals surface area contributed by atoms with Gasteiger partial charge in [-0.3, -0.25) is 4.79 Å². The summed E-state index contributed by atoms with van der Waals surface area (Å²) in [6.45, 7) is 0.939. The Hall–Kier alpha value is -0.250. The maximum absolute atomic E-state index is 12.0. The predicted molar refractivity (Wildman–Crippen MR) is 94.6 cm³/mol. The lowest BCUT2D eigenvalue weighted by Crippen LogP contribution is -2.39. The maximum atomic E-state index is 12.0. The van der Waals surface area contributed by atoms with Gasteiger partial charge in [-0.05, 0) is 71.6 Å². The van der Waals surface area contributed by atoms with Crippen LogP contribution in [0.5, 0.6) is 0 Å². The second-order valence-corrected chi connectivity index (χ2v) is 8.04. The summed E-state index contributed by atoms with van der Waals surface area (Å²) in [7, 11) is 0. The van der Waals surface area contributed by atoms with E-state index in [9.17, 15) is 4.79 Å². The van der Waals surface area contributed by atoms with Crippen LogP contribution in [-0.2, 0) is 11.2 Å². The summed E-state index contributed by atoms with van der Waals surface area (Å²) in [4.78, 5) is 14.1. The van der Waals surface area contributed by atoms with Crippen molar-refractivity contribution in [2.24, 2.45) is 5.92 Å². The number of likely N-dealkylation sites (tertiary alicyclic amines) is 1. The van der Waals surface area contributed by atoms with E-state index < -0.39 is 0 Å². The van der Waals surface area contributed by atoms with Gasteiger partial charge >= 0.3 is 0 Å². The van der Waals surface area contributed by atoms with Crippen molar-refractivity contribution in [1.29, 1.82) is 0 Å². The van der Waals surface area contributed by atoms with E-state index in [-0.39, 0.29) is 0 Å². The average Bonchev–Trinajstić information content (AvgIpc) is 2.94. The number of rotatable bonds is 3. The maximum Gasteiger partial charge on any atom is 0.222 e. The molecule has 2 nitrogen and oxygen atoms in total. The van der Waals surface area contributed by atoms with Gasteiger partial charge in [-0.25, -0.2) is 0 Å². The van der Waals surface area contributed by atoms with Crippen LogP contribution in [0.15, 0.2) is 16.6 Å². The van der Waals surface area contributed by atoms with Gasteiger partial charge < -0.3 is 4.90 Å². The predicted octanol–water partition coefficient (Wildman–Crippen LogP) is 5.48. The van der Waals surface area contributed by atoms with Crippen LogP contribution in [0.25, 0.3) is 0 Å². The van der Waals surface area contributed by atoms with Crippen molar-refractivity contribution in [3.8, 4) is 0 Å². The first-order chi connectivity index (χ1) is 10.6. The van der Waals surface area contributed by atoms with Gasteiger partial charge in [-0.15, -0.1) is 0 Å². The molecule has 2 atom stereocenters. The molecular formula is C17H20BrCl2NO. The molecule has 3 rings (SSSR count). The number of hydrogen-bond donors (Lipinski definition) is 0. The summed E-state index contributed by atoms with van der Waals surface area (Å²) in [5.41, 5.74) is 1.04. The Labute approximate surface area is 150 Å². The molecule has 1 aliphatic heterocycles. The molecule has 0 bridgehead atoms. The van der Waals surface area contributed by atoms with Crippen LogP contribution in [0.1, 0.15) is 44.1 Å². The molecule has 0 N–H and O–H groups in total. The van der Waals surface area contributed by atoms with Crippen LogP contribution in [0.3, 0.4) is 0 Å². The van der Waals surface area contributed by atoms with Crippen LogP contribution >= 0.6 is 39.1 Å². The molecule has 1 heterocycles. The number of carbonyl (C=O) groups is 1. The second-order valence-electron chi connectivity index (χ2n) is 6.40. The molecule has 0 radical (unpaired) electrons. The number of benzene rings is 1. The van der Waals surface area contributed by atoms with Crippen molar-refractivity contribution >= 4 is 45.0 Å². The zero-order valence-electron chi connectivity index (χ0n) is 12.5. The van der Waals surface area contributed by atoms with E-state index in [1.807, 2.05) is 12.1 Å². The molecule has 2 unspecified atom stereocenters. The summed E-state index contributed by atoms with van der Waals surface area (Å²) in [5.74, 6) is 0.889. The Morgan fingerprint density at radius 3 is 2.77 bits per heavy atom. The zero-order chi connectivity index (χ0) is 15.7. The Morgan fingerprint density at radius 2 is 2.05 bits per heavy atom. The van der Waals surface area contributed by atoms with E-state index in [1.165, 1.54) is 12.8 Å². The summed E-state index contributed by atoms with van der Waals surface area (Å²) < 4.78 is 0.899. The van der Waals surface area contributed by atoms with Crippen molar-refractivity contribution < 1.29 is 4.79 Å². The van der Waals surface area contributed by atoms with Gasteiger partial charge in [0.1, 0.15) is 0 Å². The van der Waals surface area contributed by atoms with Crippen molar-refractivity contribution in [2.45, 2.75) is 51.0 Å². The summed E-state index contributed by atoms with van der Waals surface area (Å²) in [6, 6.07) is 4.20. The van der Waals surface area contributed by atoms with Crippen LogP contribution in [0.2, 0.25) is 10.0 Å². The SMILES string of the molecule is O=C1CCCN1C1CCCC(Cc2c(Cl)ccc(Br)c2Cl)C1. The van der Waals surface area contributed by atoms with E-state index in [0.717, 1.165) is 58.7 Å². The van der Waals surface area contributed by atoms with E-state index in [0.29, 0.717) is 17.9 Å². The van der Waals surface area contributed by atoms with E-state index in [1.54, 1.807) is 0 Å². The normalized spacial score (nSPS) is 25.8. The third-order valence-electron chi connectivity index (χ3n) is 4.94. The molecule has 1 saturated carbocycles. The molecule has 120 valence electrons. The lowest BCUT2D eigenvalue weighted by Gasteiger charge is -2.35. The third-order valence-corrected chi connectivity index (χ3v) is 6.61. The first kappa shape index (κ1) is 16.6. The molecule has 0 aromatic heterocycles. The van der Waals surface area contributed by atoms with Gasteiger partial charge in [0.05, 0.1) is 5.02 Å². The van der Waals surface area contributed by atoms with Gasteiger partial charge in [0.2, 0.25) is 5.91 Å². The third kappa shape index (κ3) is 3.47. The minimum Gasteiger partial charge on any atom is -0.340 e. The monoisotopic (exact) mass is 403 g/mol. The van der Waals surface area contributed by atoms with Crippen molar-refractivity contribution in [2.75, 3.05) is 6.54 Å². The van der Waals surface area contributed by atoms with E-state index >= 15 is 0 Å². The number of halogens is 3. The zero-order valence-corrected chi connectivity index (χ0v) is 15.6. The van der Waals surface area contributed by atoms with Crippen LogP contribution in [-0.4, -0.2) is 23.4 Å². The van der Waals surface area contributed by atoms with Gasteiger partial charge in [0.25, 0.3) is 0 Å². The average molecular weight is 405 g/mol. The molecule has 22 heavy (non-hydrogen) atoms. The molecule has 2 aliphatic rings. The van der Waals surface area contributed by atoms with Gasteiger partial charge in [-0.2, -0.15) is 0 Å². The highest BCUT2D eigenvalue weighted by molar-refractivity contribution is 9.10. The Kier molecular flexibility index (Phi) is 5.36. The molecule has 1 amide bonds. The molecule has 5 heteroatoms. The molecule has 1 saturated heterocycles. The fraction of sp³-hybridized carbons (Fsp3) is 0.588. The smallest absolute Gasteiger partial charge is 0.222 e. The highest BCUT2D eigenvalue weighted by Crippen LogP contribution is 2.37. The molecular weight excluding hydrogens is 385 g/mol. The molecule has 0 spiro atoms. The summed E-state index contributed by atoms with van der Waals surface area (Å²) in [6.07, 6.45) is 7.23. The largest absolute Gasteiger partial charge is 0.340 e. The lowest BCUT2D eigenvalue weighted by atomic mass is 9.81. The van der Waals surface area contributed by atoms with Crippen LogP contribution in [0, 0.1) is 5.92 Å². The summed E-state index contributed by atoms with van der Waals surface area (Å²) in [5, 5.41) is 1.47. The fourth-order valence-electron chi connectivity index (χ4n) is 3.83. The fourth-order valence-corrected chi connectivity index (χ4v) is 4.73. The first-order valence-corrected chi connectivity index (χ1v) is 9.53.